The van der Waals surface area contributed by atoms with Gasteiger partial charge in [-0.05, 0) is 56.2 Å². The van der Waals surface area contributed by atoms with Gasteiger partial charge in [-0.1, -0.05) is 60.7 Å². The number of hydrogen-bond acceptors (Lipinski definition) is 3. The van der Waals surface area contributed by atoms with Gasteiger partial charge in [-0.2, -0.15) is 0 Å². The van der Waals surface area contributed by atoms with E-state index in [1.807, 2.05) is 54.6 Å². The van der Waals surface area contributed by atoms with Gasteiger partial charge in [0.25, 0.3) is 0 Å². The van der Waals surface area contributed by atoms with Crippen molar-refractivity contribution in [2.24, 2.45) is 0 Å². The first-order valence-electron chi connectivity index (χ1n) is 10.3. The summed E-state index contributed by atoms with van der Waals surface area (Å²) in [4.78, 5) is 11.2. The lowest BCUT2D eigenvalue weighted by atomic mass is 9.96. The highest BCUT2D eigenvalue weighted by molar-refractivity contribution is 9.10. The van der Waals surface area contributed by atoms with Gasteiger partial charge >= 0.3 is 5.97 Å². The molecule has 0 aliphatic rings. The molecule has 0 aliphatic heterocycles. The molecule has 0 radical (unpaired) electrons. The van der Waals surface area contributed by atoms with Crippen LogP contribution in [-0.4, -0.2) is 24.8 Å². The van der Waals surface area contributed by atoms with Crippen LogP contribution in [0.15, 0.2) is 83.3 Å². The number of methoxy groups -OCH3 is 1. The maximum atomic E-state index is 11.2. The minimum Gasteiger partial charge on any atom is -0.496 e. The molecule has 0 saturated heterocycles. The number of carboxylic acids is 1. The number of halogens is 1. The van der Waals surface area contributed by atoms with E-state index in [-0.39, 0.29) is 0 Å². The van der Waals surface area contributed by atoms with Gasteiger partial charge in [-0.15, -0.1) is 0 Å². The van der Waals surface area contributed by atoms with E-state index < -0.39 is 12.6 Å². The van der Waals surface area contributed by atoms with Gasteiger partial charge in [0.05, 0.1) is 11.6 Å². The van der Waals surface area contributed by atoms with E-state index in [1.54, 1.807) is 7.11 Å². The molecule has 0 aliphatic carbocycles. The molecule has 0 saturated carbocycles. The molecule has 4 rings (SSSR count). The molecular weight excluding hydrogens is 468 g/mol. The van der Waals surface area contributed by atoms with E-state index in [9.17, 15) is 4.79 Å². The smallest absolute Gasteiger partial charge is 0.341 e. The van der Waals surface area contributed by atoms with Crippen molar-refractivity contribution in [3.63, 3.8) is 0 Å². The van der Waals surface area contributed by atoms with E-state index in [2.05, 4.69) is 40.2 Å². The van der Waals surface area contributed by atoms with E-state index in [4.69, 9.17) is 14.6 Å². The Kier molecular flexibility index (Phi) is 6.76. The summed E-state index contributed by atoms with van der Waals surface area (Å²) in [5.74, 6) is 0.308. The van der Waals surface area contributed by atoms with Crippen LogP contribution in [0.5, 0.6) is 11.5 Å². The molecule has 0 amide bonds. The fourth-order valence-electron chi connectivity index (χ4n) is 3.85. The molecule has 0 heterocycles. The predicted molar refractivity (Wildman–Crippen MR) is 130 cm³/mol. The van der Waals surface area contributed by atoms with Gasteiger partial charge in [-0.3, -0.25) is 0 Å². The molecule has 0 bridgehead atoms. The normalized spacial score (nSPS) is 10.8. The van der Waals surface area contributed by atoms with Crippen molar-refractivity contribution in [1.29, 1.82) is 0 Å². The van der Waals surface area contributed by atoms with Crippen LogP contribution >= 0.6 is 15.9 Å². The van der Waals surface area contributed by atoms with Gasteiger partial charge in [-0.25, -0.2) is 4.79 Å². The minimum atomic E-state index is -1.02. The fraction of sp³-hybridized carbons (Fsp3) is 0.148. The molecule has 1 N–H and O–H groups in total. The second-order valence-corrected chi connectivity index (χ2v) is 8.36. The average molecular weight is 491 g/mol. The number of hydrogen-bond donors (Lipinski definition) is 1. The molecule has 0 unspecified atom stereocenters. The molecule has 4 nitrogen and oxygen atoms in total. The van der Waals surface area contributed by atoms with E-state index in [0.717, 1.165) is 44.1 Å². The van der Waals surface area contributed by atoms with Crippen molar-refractivity contribution in [2.45, 2.75) is 12.8 Å². The van der Waals surface area contributed by atoms with Crippen molar-refractivity contribution in [1.82, 2.24) is 0 Å². The van der Waals surface area contributed by atoms with Crippen LogP contribution in [0.2, 0.25) is 0 Å². The highest BCUT2D eigenvalue weighted by Crippen LogP contribution is 2.40. The summed E-state index contributed by atoms with van der Waals surface area (Å²) >= 11 is 3.68. The monoisotopic (exact) mass is 490 g/mol. The minimum absolute atomic E-state index is 0.408. The number of fused-ring (bicyclic) bond motifs is 1. The number of ether oxygens (including phenoxy) is 2. The molecule has 4 aromatic carbocycles. The molecule has 4 aromatic rings. The summed E-state index contributed by atoms with van der Waals surface area (Å²) in [5.41, 5.74) is 4.34. The fourth-order valence-corrected chi connectivity index (χ4v) is 4.56. The SMILES string of the molecule is COc1cc2c(Br)c(OCC(=O)O)c(Cc3ccccc3)cc2cc1Cc1ccccc1. The largest absolute Gasteiger partial charge is 0.496 e. The first-order chi connectivity index (χ1) is 15.5. The highest BCUT2D eigenvalue weighted by Gasteiger charge is 2.17. The summed E-state index contributed by atoms with van der Waals surface area (Å²) in [6.07, 6.45) is 1.38. The van der Waals surface area contributed by atoms with Crippen LogP contribution in [0.25, 0.3) is 10.8 Å². The topological polar surface area (TPSA) is 55.8 Å². The van der Waals surface area contributed by atoms with Crippen molar-refractivity contribution in [2.75, 3.05) is 13.7 Å². The van der Waals surface area contributed by atoms with E-state index >= 15 is 0 Å². The number of rotatable bonds is 8. The lowest BCUT2D eigenvalue weighted by molar-refractivity contribution is -0.139. The lowest BCUT2D eigenvalue weighted by Crippen LogP contribution is -2.11. The lowest BCUT2D eigenvalue weighted by Gasteiger charge is -2.17. The number of carboxylic acid groups (broad SMARTS) is 1. The third kappa shape index (κ3) is 4.94. The quantitative estimate of drug-likeness (QED) is 0.316. The van der Waals surface area contributed by atoms with E-state index in [0.29, 0.717) is 12.2 Å². The molecule has 0 fully saturated rings. The molecular formula is C27H23BrO4. The second kappa shape index (κ2) is 9.88. The first kappa shape index (κ1) is 21.9. The van der Waals surface area contributed by atoms with Crippen LogP contribution < -0.4 is 9.47 Å². The Morgan fingerprint density at radius 1 is 0.875 bits per heavy atom. The number of benzene rings is 4. The maximum absolute atomic E-state index is 11.2. The average Bonchev–Trinajstić information content (AvgIpc) is 2.80. The maximum Gasteiger partial charge on any atom is 0.341 e. The Balaban J connectivity index is 1.83. The van der Waals surface area contributed by atoms with Crippen LogP contribution in [0, 0.1) is 0 Å². The molecule has 5 heteroatoms. The molecule has 162 valence electrons. The van der Waals surface area contributed by atoms with Crippen LogP contribution in [0.3, 0.4) is 0 Å². The van der Waals surface area contributed by atoms with Crippen LogP contribution in [-0.2, 0) is 17.6 Å². The zero-order valence-corrected chi connectivity index (χ0v) is 19.3. The van der Waals surface area contributed by atoms with Gasteiger partial charge in [0.2, 0.25) is 0 Å². The Labute approximate surface area is 195 Å². The highest BCUT2D eigenvalue weighted by atomic mass is 79.9. The third-order valence-electron chi connectivity index (χ3n) is 5.32. The zero-order valence-electron chi connectivity index (χ0n) is 17.7. The Morgan fingerprint density at radius 3 is 2.00 bits per heavy atom. The molecule has 32 heavy (non-hydrogen) atoms. The van der Waals surface area contributed by atoms with Gasteiger partial charge in [0.15, 0.2) is 6.61 Å². The number of aliphatic carboxylic acids is 1. The van der Waals surface area contributed by atoms with Gasteiger partial charge < -0.3 is 14.6 Å². The van der Waals surface area contributed by atoms with Crippen molar-refractivity contribution in [3.8, 4) is 11.5 Å². The molecule has 0 aromatic heterocycles. The summed E-state index contributed by atoms with van der Waals surface area (Å²) in [6, 6.07) is 26.5. The Hall–Kier alpha value is -3.31. The van der Waals surface area contributed by atoms with E-state index in [1.165, 1.54) is 5.56 Å². The molecule has 0 atom stereocenters. The second-order valence-electron chi connectivity index (χ2n) is 7.57. The number of carbonyl (C=O) groups is 1. The summed E-state index contributed by atoms with van der Waals surface area (Å²) in [7, 11) is 1.66. The first-order valence-corrected chi connectivity index (χ1v) is 11.1. The van der Waals surface area contributed by atoms with Gasteiger partial charge in [0.1, 0.15) is 11.5 Å². The Bertz CT molecular complexity index is 1240. The summed E-state index contributed by atoms with van der Waals surface area (Å²) in [5, 5.41) is 11.1. The van der Waals surface area contributed by atoms with Gasteiger partial charge in [0, 0.05) is 23.8 Å². The van der Waals surface area contributed by atoms with Crippen LogP contribution in [0.4, 0.5) is 0 Å². The Morgan fingerprint density at radius 2 is 1.44 bits per heavy atom. The predicted octanol–water partition coefficient (Wildman–Crippen LogP) is 6.26. The molecule has 0 spiro atoms. The van der Waals surface area contributed by atoms with Crippen molar-refractivity contribution >= 4 is 32.7 Å². The van der Waals surface area contributed by atoms with Crippen molar-refractivity contribution in [3.05, 3.63) is 106 Å². The summed E-state index contributed by atoms with van der Waals surface area (Å²) < 4.78 is 12.1. The van der Waals surface area contributed by atoms with Crippen molar-refractivity contribution < 1.29 is 19.4 Å². The van der Waals surface area contributed by atoms with Crippen LogP contribution in [0.1, 0.15) is 22.3 Å². The summed E-state index contributed by atoms with van der Waals surface area (Å²) in [6.45, 7) is -0.408. The standard InChI is InChI=1S/C27H23BrO4/c1-31-24-16-23-20(14-21(24)12-18-8-4-2-5-9-18)15-22(13-19-10-6-3-7-11-19)27(26(23)28)32-17-25(29)30/h2-11,14-16H,12-13,17H2,1H3,(H,29,30). The third-order valence-corrected chi connectivity index (χ3v) is 6.11. The zero-order chi connectivity index (χ0) is 22.5.